The van der Waals surface area contributed by atoms with Gasteiger partial charge in [0.05, 0.1) is 7.11 Å². The van der Waals surface area contributed by atoms with Crippen molar-refractivity contribution in [3.63, 3.8) is 0 Å². The number of hydrogen-bond donors (Lipinski definition) is 1. The van der Waals surface area contributed by atoms with Gasteiger partial charge in [-0.3, -0.25) is 0 Å². The molecule has 23 heavy (non-hydrogen) atoms. The number of benzene rings is 3. The largest absolute Gasteiger partial charge is 0.508 e. The van der Waals surface area contributed by atoms with Crippen LogP contribution in [0.5, 0.6) is 11.5 Å². The van der Waals surface area contributed by atoms with Crippen molar-refractivity contribution in [3.05, 3.63) is 65.7 Å². The maximum absolute atomic E-state index is 10.4. The van der Waals surface area contributed by atoms with Crippen LogP contribution in [0.4, 0.5) is 5.69 Å². The summed E-state index contributed by atoms with van der Waals surface area (Å²) >= 11 is 0. The van der Waals surface area contributed by atoms with Crippen molar-refractivity contribution < 1.29 is 9.84 Å². The molecular formula is C20H21NO2. The third kappa shape index (κ3) is 2.95. The smallest absolute Gasteiger partial charge is 0.119 e. The Bertz CT molecular complexity index is 840. The summed E-state index contributed by atoms with van der Waals surface area (Å²) in [7, 11) is 5.72. The Balaban J connectivity index is 2.14. The van der Waals surface area contributed by atoms with E-state index in [1.54, 1.807) is 13.2 Å². The lowest BCUT2D eigenvalue weighted by Crippen LogP contribution is -2.11. The average Bonchev–Trinajstić information content (AvgIpc) is 2.57. The second-order valence-corrected chi connectivity index (χ2v) is 5.85. The second kappa shape index (κ2) is 6.21. The molecule has 0 bridgehead atoms. The molecule has 0 heterocycles. The molecule has 0 aliphatic heterocycles. The first-order valence-electron chi connectivity index (χ1n) is 7.64. The van der Waals surface area contributed by atoms with E-state index >= 15 is 0 Å². The molecule has 3 rings (SSSR count). The molecule has 3 aromatic carbocycles. The van der Waals surface area contributed by atoms with Crippen LogP contribution in [-0.2, 0) is 6.42 Å². The Labute approximate surface area is 136 Å². The number of rotatable bonds is 4. The summed E-state index contributed by atoms with van der Waals surface area (Å²) in [6, 6.07) is 17.9. The van der Waals surface area contributed by atoms with Crippen LogP contribution in [0.2, 0.25) is 0 Å². The molecule has 1 N–H and O–H groups in total. The molecule has 0 aliphatic rings. The standard InChI is InChI=1S/C20H21NO2/c1-21(2)19-7-5-4-6-15(19)12-18-17-13-16(23-3)10-8-14(17)9-11-20(18)22/h4-11,13,22H,12H2,1-3H3. The van der Waals surface area contributed by atoms with Crippen molar-refractivity contribution in [1.82, 2.24) is 0 Å². The summed E-state index contributed by atoms with van der Waals surface area (Å²) in [5.41, 5.74) is 3.27. The zero-order chi connectivity index (χ0) is 16.4. The van der Waals surface area contributed by atoms with E-state index in [0.717, 1.165) is 27.8 Å². The molecule has 0 aliphatic carbocycles. The number of ether oxygens (including phenoxy) is 1. The van der Waals surface area contributed by atoms with E-state index in [1.165, 1.54) is 5.56 Å². The molecule has 0 fully saturated rings. The van der Waals surface area contributed by atoms with E-state index < -0.39 is 0 Å². The van der Waals surface area contributed by atoms with Crippen LogP contribution in [-0.4, -0.2) is 26.3 Å². The monoisotopic (exact) mass is 307 g/mol. The van der Waals surface area contributed by atoms with E-state index in [-0.39, 0.29) is 0 Å². The van der Waals surface area contributed by atoms with Crippen molar-refractivity contribution in [3.8, 4) is 11.5 Å². The molecule has 3 nitrogen and oxygen atoms in total. The van der Waals surface area contributed by atoms with Gasteiger partial charge in [-0.15, -0.1) is 0 Å². The van der Waals surface area contributed by atoms with Gasteiger partial charge in [0.2, 0.25) is 0 Å². The summed E-state index contributed by atoms with van der Waals surface area (Å²) in [5, 5.41) is 12.5. The maximum atomic E-state index is 10.4. The maximum Gasteiger partial charge on any atom is 0.119 e. The number of para-hydroxylation sites is 1. The minimum atomic E-state index is 0.319. The third-order valence-electron chi connectivity index (χ3n) is 4.16. The number of anilines is 1. The molecule has 0 unspecified atom stereocenters. The van der Waals surface area contributed by atoms with E-state index in [1.807, 2.05) is 50.5 Å². The molecule has 118 valence electrons. The van der Waals surface area contributed by atoms with Gasteiger partial charge in [-0.05, 0) is 40.6 Å². The Hall–Kier alpha value is -2.68. The number of phenols is 1. The van der Waals surface area contributed by atoms with Crippen LogP contribution in [0, 0.1) is 0 Å². The van der Waals surface area contributed by atoms with Crippen molar-refractivity contribution in [2.45, 2.75) is 6.42 Å². The van der Waals surface area contributed by atoms with Crippen molar-refractivity contribution in [1.29, 1.82) is 0 Å². The summed E-state index contributed by atoms with van der Waals surface area (Å²) < 4.78 is 5.34. The first-order valence-corrected chi connectivity index (χ1v) is 7.64. The Morgan fingerprint density at radius 3 is 2.48 bits per heavy atom. The highest BCUT2D eigenvalue weighted by molar-refractivity contribution is 5.89. The number of nitrogens with zero attached hydrogens (tertiary/aromatic N) is 1. The van der Waals surface area contributed by atoms with Gasteiger partial charge < -0.3 is 14.7 Å². The summed E-state index contributed by atoms with van der Waals surface area (Å²) in [6.07, 6.45) is 0.671. The molecular weight excluding hydrogens is 286 g/mol. The molecule has 0 saturated carbocycles. The van der Waals surface area contributed by atoms with Crippen molar-refractivity contribution >= 4 is 16.5 Å². The molecule has 3 heteroatoms. The van der Waals surface area contributed by atoms with Crippen LogP contribution in [0.3, 0.4) is 0 Å². The van der Waals surface area contributed by atoms with Gasteiger partial charge in [0, 0.05) is 31.8 Å². The lowest BCUT2D eigenvalue weighted by molar-refractivity contribution is 0.415. The molecule has 0 radical (unpaired) electrons. The fourth-order valence-corrected chi connectivity index (χ4v) is 2.95. The van der Waals surface area contributed by atoms with Crippen LogP contribution in [0.25, 0.3) is 10.8 Å². The van der Waals surface area contributed by atoms with Crippen LogP contribution >= 0.6 is 0 Å². The normalized spacial score (nSPS) is 10.7. The predicted molar refractivity (Wildman–Crippen MR) is 95.7 cm³/mol. The molecule has 0 amide bonds. The van der Waals surface area contributed by atoms with Gasteiger partial charge in [-0.25, -0.2) is 0 Å². The highest BCUT2D eigenvalue weighted by Crippen LogP contribution is 2.33. The number of aromatic hydroxyl groups is 1. The molecule has 0 atom stereocenters. The summed E-state index contributed by atoms with van der Waals surface area (Å²) in [4.78, 5) is 2.10. The predicted octanol–water partition coefficient (Wildman–Crippen LogP) is 4.21. The number of hydrogen-bond acceptors (Lipinski definition) is 3. The first-order chi connectivity index (χ1) is 11.1. The number of methoxy groups -OCH3 is 1. The van der Waals surface area contributed by atoms with Gasteiger partial charge in [-0.1, -0.05) is 30.3 Å². The zero-order valence-corrected chi connectivity index (χ0v) is 13.7. The SMILES string of the molecule is COc1ccc2ccc(O)c(Cc3ccccc3N(C)C)c2c1. The van der Waals surface area contributed by atoms with Crippen molar-refractivity contribution in [2.24, 2.45) is 0 Å². The molecule has 0 aromatic heterocycles. The minimum absolute atomic E-state index is 0.319. The van der Waals surface area contributed by atoms with E-state index in [0.29, 0.717) is 12.2 Å². The first kappa shape index (κ1) is 15.2. The highest BCUT2D eigenvalue weighted by atomic mass is 16.5. The fourth-order valence-electron chi connectivity index (χ4n) is 2.95. The zero-order valence-electron chi connectivity index (χ0n) is 13.7. The van der Waals surface area contributed by atoms with Gasteiger partial charge in [0.25, 0.3) is 0 Å². The number of fused-ring (bicyclic) bond motifs is 1. The van der Waals surface area contributed by atoms with Gasteiger partial charge >= 0.3 is 0 Å². The molecule has 3 aromatic rings. The third-order valence-corrected chi connectivity index (χ3v) is 4.16. The summed E-state index contributed by atoms with van der Waals surface area (Å²) in [6.45, 7) is 0. The highest BCUT2D eigenvalue weighted by Gasteiger charge is 2.12. The van der Waals surface area contributed by atoms with Gasteiger partial charge in [0.15, 0.2) is 0 Å². The lowest BCUT2D eigenvalue weighted by Gasteiger charge is -2.18. The van der Waals surface area contributed by atoms with Crippen LogP contribution < -0.4 is 9.64 Å². The molecule has 0 saturated heterocycles. The Morgan fingerprint density at radius 2 is 1.74 bits per heavy atom. The van der Waals surface area contributed by atoms with Crippen LogP contribution in [0.15, 0.2) is 54.6 Å². The van der Waals surface area contributed by atoms with Gasteiger partial charge in [-0.2, -0.15) is 0 Å². The quantitative estimate of drug-likeness (QED) is 0.783. The van der Waals surface area contributed by atoms with Crippen molar-refractivity contribution in [2.75, 3.05) is 26.1 Å². The Kier molecular flexibility index (Phi) is 4.11. The fraction of sp³-hybridized carbons (Fsp3) is 0.200. The van der Waals surface area contributed by atoms with Gasteiger partial charge in [0.1, 0.15) is 11.5 Å². The van der Waals surface area contributed by atoms with Crippen LogP contribution in [0.1, 0.15) is 11.1 Å². The van der Waals surface area contributed by atoms with E-state index in [2.05, 4.69) is 17.0 Å². The number of phenolic OH excluding ortho intramolecular Hbond substituents is 1. The topological polar surface area (TPSA) is 32.7 Å². The molecule has 0 spiro atoms. The minimum Gasteiger partial charge on any atom is -0.508 e. The lowest BCUT2D eigenvalue weighted by atomic mass is 9.96. The summed E-state index contributed by atoms with van der Waals surface area (Å²) in [5.74, 6) is 1.12. The van der Waals surface area contributed by atoms with E-state index in [9.17, 15) is 5.11 Å². The Morgan fingerprint density at radius 1 is 1.00 bits per heavy atom. The second-order valence-electron chi connectivity index (χ2n) is 5.85. The van der Waals surface area contributed by atoms with E-state index in [4.69, 9.17) is 4.74 Å². The average molecular weight is 307 g/mol.